The van der Waals surface area contributed by atoms with Gasteiger partial charge in [-0.1, -0.05) is 43.0 Å². The lowest BCUT2D eigenvalue weighted by atomic mass is 10.1. The third-order valence-corrected chi connectivity index (χ3v) is 4.97. The van der Waals surface area contributed by atoms with Crippen molar-refractivity contribution in [2.24, 2.45) is 0 Å². The maximum Gasteiger partial charge on any atom is 0.586 e. The minimum Gasteiger partial charge on any atom is -0.395 e. The highest BCUT2D eigenvalue weighted by Crippen LogP contribution is 2.42. The molecule has 4 rings (SSSR count). The number of carbonyl (C=O) groups is 1. The molecule has 1 aliphatic rings. The molecule has 150 valence electrons. The van der Waals surface area contributed by atoms with E-state index in [4.69, 9.17) is 0 Å². The van der Waals surface area contributed by atoms with Crippen LogP contribution in [0.2, 0.25) is 0 Å². The molecule has 0 radical (unpaired) electrons. The second-order valence-corrected chi connectivity index (χ2v) is 7.13. The van der Waals surface area contributed by atoms with Gasteiger partial charge in [-0.3, -0.25) is 9.89 Å². The maximum absolute atomic E-state index is 13.1. The molecular weight excluding hydrogens is 402 g/mol. The SMILES string of the molecule is CCc1ccc(-c2nc(SCC(=O)Nc3ccc4c(c3)OC(F)(F)O4)n[nH]2)cc1. The van der Waals surface area contributed by atoms with Crippen molar-refractivity contribution in [1.29, 1.82) is 0 Å². The van der Waals surface area contributed by atoms with E-state index in [1.807, 2.05) is 24.3 Å². The van der Waals surface area contributed by atoms with Gasteiger partial charge in [0.25, 0.3) is 0 Å². The second-order valence-electron chi connectivity index (χ2n) is 6.18. The summed E-state index contributed by atoms with van der Waals surface area (Å²) in [5.41, 5.74) is 2.46. The molecule has 0 atom stereocenters. The Morgan fingerprint density at radius 2 is 1.93 bits per heavy atom. The predicted molar refractivity (Wildman–Crippen MR) is 103 cm³/mol. The standard InChI is InChI=1S/C19H16F2N4O3S/c1-2-11-3-5-12(6-4-11)17-23-18(25-24-17)29-10-16(26)22-13-7-8-14-15(9-13)28-19(20,21)27-14/h3-9H,2,10H2,1H3,(H,22,26)(H,23,24,25). The Hall–Kier alpha value is -3.14. The van der Waals surface area contributed by atoms with Gasteiger partial charge in [-0.25, -0.2) is 4.98 Å². The lowest BCUT2D eigenvalue weighted by Gasteiger charge is -2.05. The number of benzene rings is 2. The smallest absolute Gasteiger partial charge is 0.395 e. The van der Waals surface area contributed by atoms with E-state index in [2.05, 4.69) is 36.9 Å². The van der Waals surface area contributed by atoms with Crippen LogP contribution in [0.1, 0.15) is 12.5 Å². The first kappa shape index (κ1) is 19.2. The number of nitrogens with one attached hydrogen (secondary N) is 2. The van der Waals surface area contributed by atoms with Gasteiger partial charge in [-0.2, -0.15) is 0 Å². The number of hydrogen-bond donors (Lipinski definition) is 2. The number of rotatable bonds is 6. The summed E-state index contributed by atoms with van der Waals surface area (Å²) in [6.07, 6.45) is -2.74. The van der Waals surface area contributed by atoms with Crippen molar-refractivity contribution in [1.82, 2.24) is 15.2 Å². The Labute approximate surface area is 168 Å². The molecule has 2 aromatic carbocycles. The molecular formula is C19H16F2N4O3S. The molecule has 0 spiro atoms. The van der Waals surface area contributed by atoms with Crippen molar-refractivity contribution in [3.05, 3.63) is 48.0 Å². The van der Waals surface area contributed by atoms with Gasteiger partial charge in [0.05, 0.1) is 5.75 Å². The third-order valence-electron chi connectivity index (χ3n) is 4.12. The third kappa shape index (κ3) is 4.48. The molecule has 3 aromatic rings. The first-order valence-electron chi connectivity index (χ1n) is 8.76. The number of alkyl halides is 2. The van der Waals surface area contributed by atoms with Crippen molar-refractivity contribution in [2.75, 3.05) is 11.1 Å². The van der Waals surface area contributed by atoms with E-state index in [9.17, 15) is 13.6 Å². The van der Waals surface area contributed by atoms with Gasteiger partial charge in [0.1, 0.15) is 0 Å². The zero-order valence-corrected chi connectivity index (χ0v) is 16.1. The summed E-state index contributed by atoms with van der Waals surface area (Å²) in [4.78, 5) is 16.5. The van der Waals surface area contributed by atoms with Crippen LogP contribution in [0, 0.1) is 0 Å². The van der Waals surface area contributed by atoms with Gasteiger partial charge in [-0.05, 0) is 24.1 Å². The minimum absolute atomic E-state index is 0.0522. The number of aromatic nitrogens is 3. The number of aryl methyl sites for hydroxylation is 1. The number of halogens is 2. The number of H-pyrrole nitrogens is 1. The lowest BCUT2D eigenvalue weighted by Crippen LogP contribution is -2.25. The zero-order chi connectivity index (χ0) is 20.4. The Bertz CT molecular complexity index is 1040. The number of anilines is 1. The van der Waals surface area contributed by atoms with E-state index in [1.54, 1.807) is 0 Å². The Kier molecular flexibility index (Phi) is 5.10. The van der Waals surface area contributed by atoms with Gasteiger partial charge in [0.15, 0.2) is 17.3 Å². The summed E-state index contributed by atoms with van der Waals surface area (Å²) < 4.78 is 34.8. The summed E-state index contributed by atoms with van der Waals surface area (Å²) in [6.45, 7) is 2.09. The molecule has 1 aromatic heterocycles. The highest BCUT2D eigenvalue weighted by molar-refractivity contribution is 7.99. The molecule has 2 N–H and O–H groups in total. The Morgan fingerprint density at radius 1 is 1.17 bits per heavy atom. The number of ether oxygens (including phenoxy) is 2. The molecule has 0 bridgehead atoms. The van der Waals surface area contributed by atoms with Gasteiger partial charge < -0.3 is 14.8 Å². The monoisotopic (exact) mass is 418 g/mol. The maximum atomic E-state index is 13.1. The molecule has 0 saturated carbocycles. The van der Waals surface area contributed by atoms with Crippen molar-refractivity contribution < 1.29 is 23.0 Å². The van der Waals surface area contributed by atoms with Gasteiger partial charge in [0.2, 0.25) is 11.1 Å². The zero-order valence-electron chi connectivity index (χ0n) is 15.2. The van der Waals surface area contributed by atoms with Crippen molar-refractivity contribution >= 4 is 23.4 Å². The van der Waals surface area contributed by atoms with Crippen LogP contribution in [0.4, 0.5) is 14.5 Å². The number of nitrogens with zero attached hydrogens (tertiary/aromatic N) is 2. The molecule has 0 fully saturated rings. The number of carbonyl (C=O) groups excluding carboxylic acids is 1. The second kappa shape index (κ2) is 7.70. The average molecular weight is 418 g/mol. The van der Waals surface area contributed by atoms with Crippen molar-refractivity contribution in [2.45, 2.75) is 24.8 Å². The van der Waals surface area contributed by atoms with Crippen LogP contribution in [-0.2, 0) is 11.2 Å². The van der Waals surface area contributed by atoms with Crippen LogP contribution >= 0.6 is 11.8 Å². The van der Waals surface area contributed by atoms with Crippen LogP contribution in [0.3, 0.4) is 0 Å². The number of amides is 1. The fourth-order valence-electron chi connectivity index (χ4n) is 2.69. The van der Waals surface area contributed by atoms with E-state index in [0.717, 1.165) is 23.7 Å². The Morgan fingerprint density at radius 3 is 2.69 bits per heavy atom. The number of aromatic amines is 1. The lowest BCUT2D eigenvalue weighted by molar-refractivity contribution is -0.286. The Balaban J connectivity index is 1.33. The molecule has 0 saturated heterocycles. The predicted octanol–water partition coefficient (Wildman–Crippen LogP) is 4.09. The highest BCUT2D eigenvalue weighted by atomic mass is 32.2. The van der Waals surface area contributed by atoms with Crippen LogP contribution in [0.5, 0.6) is 11.5 Å². The van der Waals surface area contributed by atoms with Gasteiger partial charge in [0, 0.05) is 17.3 Å². The summed E-state index contributed by atoms with van der Waals surface area (Å²) in [7, 11) is 0. The van der Waals surface area contributed by atoms with Crippen LogP contribution in [-0.4, -0.2) is 33.1 Å². The van der Waals surface area contributed by atoms with Gasteiger partial charge >= 0.3 is 6.29 Å². The van der Waals surface area contributed by atoms with Crippen molar-refractivity contribution in [3.8, 4) is 22.9 Å². The fraction of sp³-hybridized carbons (Fsp3) is 0.211. The largest absolute Gasteiger partial charge is 0.586 e. The van der Waals surface area contributed by atoms with Crippen LogP contribution in [0.25, 0.3) is 11.4 Å². The highest BCUT2D eigenvalue weighted by Gasteiger charge is 2.43. The van der Waals surface area contributed by atoms with Crippen molar-refractivity contribution in [3.63, 3.8) is 0 Å². The normalized spacial score (nSPS) is 14.0. The van der Waals surface area contributed by atoms with E-state index >= 15 is 0 Å². The van der Waals surface area contributed by atoms with E-state index in [1.165, 1.54) is 23.8 Å². The minimum atomic E-state index is -3.69. The van der Waals surface area contributed by atoms with E-state index < -0.39 is 6.29 Å². The first-order valence-corrected chi connectivity index (χ1v) is 9.75. The molecule has 1 amide bonds. The molecule has 1 aliphatic heterocycles. The average Bonchev–Trinajstić information content (AvgIpc) is 3.29. The van der Waals surface area contributed by atoms with Gasteiger partial charge in [-0.15, -0.1) is 13.9 Å². The number of hydrogen-bond acceptors (Lipinski definition) is 6. The number of fused-ring (bicyclic) bond motifs is 1. The summed E-state index contributed by atoms with van der Waals surface area (Å²) in [6, 6.07) is 12.0. The molecule has 2 heterocycles. The molecule has 0 unspecified atom stereocenters. The van der Waals surface area contributed by atoms with Crippen LogP contribution in [0.15, 0.2) is 47.6 Å². The van der Waals surface area contributed by atoms with E-state index in [0.29, 0.717) is 16.7 Å². The quantitative estimate of drug-likeness (QED) is 0.587. The molecule has 7 nitrogen and oxygen atoms in total. The summed E-state index contributed by atoms with van der Waals surface area (Å²) in [5.74, 6) is 0.124. The molecule has 29 heavy (non-hydrogen) atoms. The number of thioether (sulfide) groups is 1. The fourth-order valence-corrected chi connectivity index (χ4v) is 3.29. The topological polar surface area (TPSA) is 89.1 Å². The molecule has 0 aliphatic carbocycles. The first-order chi connectivity index (χ1) is 13.9. The summed E-state index contributed by atoms with van der Waals surface area (Å²) >= 11 is 1.15. The molecule has 10 heteroatoms. The van der Waals surface area contributed by atoms with Crippen LogP contribution < -0.4 is 14.8 Å². The van der Waals surface area contributed by atoms with E-state index in [-0.39, 0.29) is 23.2 Å². The summed E-state index contributed by atoms with van der Waals surface area (Å²) in [5, 5.41) is 10.0.